The Bertz CT molecular complexity index is 539. The second-order valence-electron chi connectivity index (χ2n) is 5.95. The molecule has 23 heavy (non-hydrogen) atoms. The lowest BCUT2D eigenvalue weighted by molar-refractivity contribution is 0.0534. The van der Waals surface area contributed by atoms with Crippen LogP contribution in [0, 0.1) is 5.82 Å². The molecule has 0 bridgehead atoms. The van der Waals surface area contributed by atoms with Crippen molar-refractivity contribution in [3.05, 3.63) is 41.7 Å². The van der Waals surface area contributed by atoms with E-state index in [0.29, 0.717) is 19.6 Å². The van der Waals surface area contributed by atoms with Crippen molar-refractivity contribution in [1.82, 2.24) is 10.6 Å². The van der Waals surface area contributed by atoms with E-state index in [0.717, 1.165) is 5.56 Å². The van der Waals surface area contributed by atoms with Gasteiger partial charge in [0, 0.05) is 19.6 Å². The van der Waals surface area contributed by atoms with Crippen LogP contribution in [0.15, 0.2) is 30.4 Å². The minimum atomic E-state index is -0.497. The average molecular weight is 324 g/mol. The fourth-order valence-electron chi connectivity index (χ4n) is 1.74. The summed E-state index contributed by atoms with van der Waals surface area (Å²) in [5.74, 6) is -0.134. The first-order valence-corrected chi connectivity index (χ1v) is 7.47. The van der Waals surface area contributed by atoms with Crippen molar-refractivity contribution in [3.63, 3.8) is 0 Å². The van der Waals surface area contributed by atoms with Crippen molar-refractivity contribution >= 4 is 6.09 Å². The van der Waals surface area contributed by atoms with Gasteiger partial charge in [0.1, 0.15) is 5.60 Å². The highest BCUT2D eigenvalue weighted by Gasteiger charge is 2.14. The molecule has 5 nitrogen and oxygen atoms in total. The van der Waals surface area contributed by atoms with E-state index in [2.05, 4.69) is 10.6 Å². The van der Waals surface area contributed by atoms with Gasteiger partial charge in [-0.1, -0.05) is 18.2 Å². The number of benzene rings is 1. The largest absolute Gasteiger partial charge is 0.494 e. The Morgan fingerprint density at radius 3 is 2.57 bits per heavy atom. The summed E-state index contributed by atoms with van der Waals surface area (Å²) in [5.41, 5.74) is 0.340. The maximum atomic E-state index is 13.5. The Kier molecular flexibility index (Phi) is 7.54. The Morgan fingerprint density at radius 2 is 1.96 bits per heavy atom. The third kappa shape index (κ3) is 8.21. The molecule has 0 unspecified atom stereocenters. The zero-order valence-electron chi connectivity index (χ0n) is 14.1. The molecule has 0 aliphatic rings. The van der Waals surface area contributed by atoms with Crippen molar-refractivity contribution in [1.29, 1.82) is 0 Å². The first-order valence-electron chi connectivity index (χ1n) is 7.47. The molecule has 0 aliphatic carbocycles. The van der Waals surface area contributed by atoms with E-state index in [9.17, 15) is 9.18 Å². The lowest BCUT2D eigenvalue weighted by Crippen LogP contribution is -2.32. The number of carbonyl (C=O) groups is 1. The van der Waals surface area contributed by atoms with Gasteiger partial charge in [0.15, 0.2) is 11.6 Å². The van der Waals surface area contributed by atoms with Gasteiger partial charge >= 0.3 is 6.09 Å². The minimum absolute atomic E-state index is 0.238. The summed E-state index contributed by atoms with van der Waals surface area (Å²) in [6, 6.07) is 4.86. The second kappa shape index (κ2) is 9.15. The van der Waals surface area contributed by atoms with E-state index in [4.69, 9.17) is 9.47 Å². The fourth-order valence-corrected chi connectivity index (χ4v) is 1.74. The molecule has 0 radical (unpaired) electrons. The number of alkyl carbamates (subject to hydrolysis) is 1. The highest BCUT2D eigenvalue weighted by molar-refractivity contribution is 5.67. The monoisotopic (exact) mass is 324 g/mol. The van der Waals surface area contributed by atoms with E-state index in [-0.39, 0.29) is 11.6 Å². The first-order chi connectivity index (χ1) is 10.8. The van der Waals surface area contributed by atoms with Crippen LogP contribution in [0.25, 0.3) is 0 Å². The molecule has 128 valence electrons. The predicted octanol–water partition coefficient (Wildman–Crippen LogP) is 3.00. The maximum absolute atomic E-state index is 13.5. The van der Waals surface area contributed by atoms with Gasteiger partial charge < -0.3 is 20.1 Å². The zero-order valence-corrected chi connectivity index (χ0v) is 14.1. The predicted molar refractivity (Wildman–Crippen MR) is 88.0 cm³/mol. The molecule has 0 aromatic heterocycles. The van der Waals surface area contributed by atoms with Crippen LogP contribution >= 0.6 is 0 Å². The van der Waals surface area contributed by atoms with Gasteiger partial charge in [-0.05, 0) is 38.5 Å². The Labute approximate surface area is 136 Å². The van der Waals surface area contributed by atoms with Crippen LogP contribution < -0.4 is 15.4 Å². The average Bonchev–Trinajstić information content (AvgIpc) is 2.44. The third-order valence-corrected chi connectivity index (χ3v) is 2.74. The summed E-state index contributed by atoms with van der Waals surface area (Å²) < 4.78 is 23.5. The van der Waals surface area contributed by atoms with Crippen LogP contribution in [0.1, 0.15) is 26.3 Å². The summed E-state index contributed by atoms with van der Waals surface area (Å²) in [5, 5.41) is 5.78. The summed E-state index contributed by atoms with van der Waals surface area (Å²) in [4.78, 5) is 11.4. The topological polar surface area (TPSA) is 59.6 Å². The smallest absolute Gasteiger partial charge is 0.407 e. The van der Waals surface area contributed by atoms with Crippen LogP contribution in [0.4, 0.5) is 9.18 Å². The number of hydrogen-bond donors (Lipinski definition) is 2. The van der Waals surface area contributed by atoms with Gasteiger partial charge in [-0.2, -0.15) is 0 Å². The van der Waals surface area contributed by atoms with E-state index < -0.39 is 11.7 Å². The molecule has 1 amide bonds. The third-order valence-electron chi connectivity index (χ3n) is 2.74. The van der Waals surface area contributed by atoms with Gasteiger partial charge in [0.2, 0.25) is 0 Å². The molecule has 0 aliphatic heterocycles. The van der Waals surface area contributed by atoms with E-state index in [1.807, 2.05) is 39.0 Å². The van der Waals surface area contributed by atoms with Gasteiger partial charge in [-0.3, -0.25) is 0 Å². The van der Waals surface area contributed by atoms with Crippen molar-refractivity contribution < 1.29 is 18.7 Å². The van der Waals surface area contributed by atoms with Crippen LogP contribution in [0.2, 0.25) is 0 Å². The number of nitrogens with one attached hydrogen (secondary N) is 2. The Morgan fingerprint density at radius 1 is 1.26 bits per heavy atom. The molecule has 2 N–H and O–H groups in total. The number of methoxy groups -OCH3 is 1. The summed E-state index contributed by atoms with van der Waals surface area (Å²) in [6.07, 6.45) is 3.27. The zero-order chi connectivity index (χ0) is 17.3. The molecule has 0 saturated heterocycles. The van der Waals surface area contributed by atoms with Crippen molar-refractivity contribution in [2.45, 2.75) is 32.9 Å². The van der Waals surface area contributed by atoms with Crippen LogP contribution in [-0.2, 0) is 11.3 Å². The normalized spacial score (nSPS) is 11.5. The molecule has 0 atom stereocenters. The number of halogens is 1. The van der Waals surface area contributed by atoms with Gasteiger partial charge in [-0.25, -0.2) is 9.18 Å². The van der Waals surface area contributed by atoms with Gasteiger partial charge in [-0.15, -0.1) is 0 Å². The SMILES string of the molecule is COc1ccc(CNC/C=C/CNC(=O)OC(C)(C)C)cc1F. The highest BCUT2D eigenvalue weighted by atomic mass is 19.1. The lowest BCUT2D eigenvalue weighted by Gasteiger charge is -2.19. The fraction of sp³-hybridized carbons (Fsp3) is 0.471. The molecule has 1 aromatic carbocycles. The molecular weight excluding hydrogens is 299 g/mol. The maximum Gasteiger partial charge on any atom is 0.407 e. The molecule has 0 saturated carbocycles. The number of amides is 1. The lowest BCUT2D eigenvalue weighted by atomic mass is 10.2. The molecule has 0 fully saturated rings. The van der Waals surface area contributed by atoms with Gasteiger partial charge in [0.25, 0.3) is 0 Å². The van der Waals surface area contributed by atoms with Crippen molar-refractivity contribution in [2.24, 2.45) is 0 Å². The number of carbonyl (C=O) groups excluding carboxylic acids is 1. The Hall–Kier alpha value is -2.08. The molecule has 6 heteroatoms. The second-order valence-corrected chi connectivity index (χ2v) is 5.95. The first kappa shape index (κ1) is 19.0. The molecule has 0 heterocycles. The van der Waals surface area contributed by atoms with Crippen LogP contribution in [0.5, 0.6) is 5.75 Å². The number of hydrogen-bond acceptors (Lipinski definition) is 4. The van der Waals surface area contributed by atoms with Crippen LogP contribution in [0.3, 0.4) is 0 Å². The molecule has 1 rings (SSSR count). The number of rotatable bonds is 7. The van der Waals surface area contributed by atoms with E-state index in [1.165, 1.54) is 13.2 Å². The minimum Gasteiger partial charge on any atom is -0.494 e. The van der Waals surface area contributed by atoms with E-state index in [1.54, 1.807) is 6.07 Å². The van der Waals surface area contributed by atoms with E-state index >= 15 is 0 Å². The molecule has 1 aromatic rings. The van der Waals surface area contributed by atoms with Gasteiger partial charge in [0.05, 0.1) is 7.11 Å². The van der Waals surface area contributed by atoms with Crippen molar-refractivity contribution in [3.8, 4) is 5.75 Å². The number of ether oxygens (including phenoxy) is 2. The highest BCUT2D eigenvalue weighted by Crippen LogP contribution is 2.17. The summed E-state index contributed by atoms with van der Waals surface area (Å²) in [7, 11) is 1.44. The summed E-state index contributed by atoms with van der Waals surface area (Å²) >= 11 is 0. The standard InChI is InChI=1S/C17H25FN2O3/c1-17(2,3)23-16(21)20-10-6-5-9-19-12-13-7-8-15(22-4)14(18)11-13/h5-8,11,19H,9-10,12H2,1-4H3,(H,20,21)/b6-5+. The van der Waals surface area contributed by atoms with Crippen molar-refractivity contribution in [2.75, 3.05) is 20.2 Å². The van der Waals surface area contributed by atoms with Crippen LogP contribution in [-0.4, -0.2) is 31.9 Å². The summed E-state index contributed by atoms with van der Waals surface area (Å²) in [6.45, 7) is 7.00. The molecular formula is C17H25FN2O3. The molecule has 0 spiro atoms. The quantitative estimate of drug-likeness (QED) is 0.598. The Balaban J connectivity index is 2.20.